The zero-order chi connectivity index (χ0) is 14.8. The molecular formula is C18H24N2O. The smallest absolute Gasteiger partial charge is 0.147 e. The third-order valence-corrected chi connectivity index (χ3v) is 4.67. The summed E-state index contributed by atoms with van der Waals surface area (Å²) in [4.78, 5) is 14.1. The van der Waals surface area contributed by atoms with E-state index in [-0.39, 0.29) is 18.0 Å². The standard InChI is InChI=1S/C18H24N2O/c1-13-8-10-15(11-9-13)17-6-4-12-20(17)18-7-3-5-16(19-18)14(2)21/h3,7-11,16-19H,4-6,12H2,1-2H3. The zero-order valence-corrected chi connectivity index (χ0v) is 12.9. The van der Waals surface area contributed by atoms with Crippen molar-refractivity contribution in [2.45, 2.75) is 51.4 Å². The normalized spacial score (nSPS) is 29.7. The number of aryl methyl sites for hydroxylation is 1. The molecule has 112 valence electrons. The first-order valence-electron chi connectivity index (χ1n) is 7.90. The maximum absolute atomic E-state index is 11.6. The van der Waals surface area contributed by atoms with Gasteiger partial charge in [-0.15, -0.1) is 0 Å². The third kappa shape index (κ3) is 3.09. The van der Waals surface area contributed by atoms with Crippen LogP contribution >= 0.6 is 0 Å². The number of benzene rings is 1. The molecule has 0 bridgehead atoms. The van der Waals surface area contributed by atoms with Gasteiger partial charge >= 0.3 is 0 Å². The van der Waals surface area contributed by atoms with Gasteiger partial charge in [0.25, 0.3) is 0 Å². The molecule has 3 unspecified atom stereocenters. The van der Waals surface area contributed by atoms with Gasteiger partial charge in [0.2, 0.25) is 0 Å². The van der Waals surface area contributed by atoms with E-state index >= 15 is 0 Å². The van der Waals surface area contributed by atoms with Crippen molar-refractivity contribution in [3.8, 4) is 0 Å². The van der Waals surface area contributed by atoms with E-state index in [2.05, 4.69) is 53.6 Å². The Hall–Kier alpha value is -1.45. The number of hydrogen-bond donors (Lipinski definition) is 1. The molecule has 0 aromatic heterocycles. The molecule has 3 heteroatoms. The van der Waals surface area contributed by atoms with Crippen molar-refractivity contribution in [3.05, 3.63) is 47.5 Å². The van der Waals surface area contributed by atoms with Crippen molar-refractivity contribution >= 4 is 5.78 Å². The Morgan fingerprint density at radius 3 is 2.76 bits per heavy atom. The van der Waals surface area contributed by atoms with Gasteiger partial charge in [-0.1, -0.05) is 42.0 Å². The molecule has 0 aliphatic carbocycles. The molecule has 2 heterocycles. The van der Waals surface area contributed by atoms with E-state index in [1.807, 2.05) is 0 Å². The number of nitrogens with one attached hydrogen (secondary N) is 1. The van der Waals surface area contributed by atoms with E-state index in [1.54, 1.807) is 6.92 Å². The largest absolute Gasteiger partial charge is 0.298 e. The number of likely N-dealkylation sites (tertiary alicyclic amines) is 1. The molecule has 0 radical (unpaired) electrons. The SMILES string of the molecule is CC(=O)C1CC=CC(N2CCCC2c2ccc(C)cc2)N1. The maximum Gasteiger partial charge on any atom is 0.147 e. The first-order valence-corrected chi connectivity index (χ1v) is 7.90. The van der Waals surface area contributed by atoms with Crippen LogP contribution in [0.25, 0.3) is 0 Å². The molecular weight excluding hydrogens is 260 g/mol. The summed E-state index contributed by atoms with van der Waals surface area (Å²) >= 11 is 0. The molecule has 0 amide bonds. The topological polar surface area (TPSA) is 32.3 Å². The van der Waals surface area contributed by atoms with Gasteiger partial charge in [0.1, 0.15) is 5.78 Å². The minimum absolute atomic E-state index is 0.0285. The molecule has 21 heavy (non-hydrogen) atoms. The van der Waals surface area contributed by atoms with Gasteiger partial charge in [0.15, 0.2) is 0 Å². The van der Waals surface area contributed by atoms with Crippen LogP contribution in [0.15, 0.2) is 36.4 Å². The Morgan fingerprint density at radius 2 is 2.05 bits per heavy atom. The molecule has 2 aliphatic heterocycles. The van der Waals surface area contributed by atoms with Gasteiger partial charge < -0.3 is 0 Å². The van der Waals surface area contributed by atoms with Crippen LogP contribution in [-0.4, -0.2) is 29.4 Å². The lowest BCUT2D eigenvalue weighted by Crippen LogP contribution is -2.52. The van der Waals surface area contributed by atoms with Crippen LogP contribution in [-0.2, 0) is 4.79 Å². The number of rotatable bonds is 3. The van der Waals surface area contributed by atoms with Crippen molar-refractivity contribution in [2.24, 2.45) is 0 Å². The van der Waals surface area contributed by atoms with Crippen LogP contribution < -0.4 is 5.32 Å². The monoisotopic (exact) mass is 284 g/mol. The van der Waals surface area contributed by atoms with Gasteiger partial charge in [-0.25, -0.2) is 0 Å². The van der Waals surface area contributed by atoms with E-state index in [9.17, 15) is 4.79 Å². The highest BCUT2D eigenvalue weighted by Crippen LogP contribution is 2.34. The van der Waals surface area contributed by atoms with Gasteiger partial charge in [-0.2, -0.15) is 0 Å². The lowest BCUT2D eigenvalue weighted by molar-refractivity contribution is -0.119. The number of hydrogen-bond acceptors (Lipinski definition) is 3. The number of Topliss-reactive ketones (excluding diaryl/α,β-unsaturated/α-hetero) is 1. The van der Waals surface area contributed by atoms with E-state index in [4.69, 9.17) is 0 Å². The van der Waals surface area contributed by atoms with Crippen molar-refractivity contribution < 1.29 is 4.79 Å². The van der Waals surface area contributed by atoms with Crippen LogP contribution in [0.4, 0.5) is 0 Å². The van der Waals surface area contributed by atoms with Gasteiger partial charge in [-0.3, -0.25) is 15.0 Å². The molecule has 3 rings (SSSR count). The maximum atomic E-state index is 11.6. The third-order valence-electron chi connectivity index (χ3n) is 4.67. The minimum atomic E-state index is -0.0285. The summed E-state index contributed by atoms with van der Waals surface area (Å²) in [6.07, 6.45) is 7.77. The fourth-order valence-corrected chi connectivity index (χ4v) is 3.43. The molecule has 1 aromatic rings. The van der Waals surface area contributed by atoms with E-state index in [1.165, 1.54) is 24.0 Å². The summed E-state index contributed by atoms with van der Waals surface area (Å²) in [5, 5.41) is 3.50. The summed E-state index contributed by atoms with van der Waals surface area (Å²) in [6.45, 7) is 4.89. The van der Waals surface area contributed by atoms with Crippen molar-refractivity contribution in [3.63, 3.8) is 0 Å². The number of nitrogens with zero attached hydrogens (tertiary/aromatic N) is 1. The molecule has 2 aliphatic rings. The summed E-state index contributed by atoms with van der Waals surface area (Å²) in [6, 6.07) is 9.29. The first-order chi connectivity index (χ1) is 10.1. The second-order valence-electron chi connectivity index (χ2n) is 6.25. The highest BCUT2D eigenvalue weighted by atomic mass is 16.1. The van der Waals surface area contributed by atoms with Crippen LogP contribution in [0.1, 0.15) is 43.4 Å². The molecule has 1 aromatic carbocycles. The molecule has 1 N–H and O–H groups in total. The zero-order valence-electron chi connectivity index (χ0n) is 12.9. The molecule has 3 atom stereocenters. The predicted molar refractivity (Wildman–Crippen MR) is 85.0 cm³/mol. The lowest BCUT2D eigenvalue weighted by Gasteiger charge is -2.36. The predicted octanol–water partition coefficient (Wildman–Crippen LogP) is 2.97. The van der Waals surface area contributed by atoms with Crippen LogP contribution in [0.5, 0.6) is 0 Å². The number of carbonyl (C=O) groups excluding carboxylic acids is 1. The lowest BCUT2D eigenvalue weighted by atomic mass is 10.0. The van der Waals surface area contributed by atoms with Gasteiger partial charge in [0, 0.05) is 12.6 Å². The molecule has 1 fully saturated rings. The van der Waals surface area contributed by atoms with Crippen LogP contribution in [0.3, 0.4) is 0 Å². The summed E-state index contributed by atoms with van der Waals surface area (Å²) in [5.41, 5.74) is 2.69. The van der Waals surface area contributed by atoms with Gasteiger partial charge in [-0.05, 0) is 38.7 Å². The Kier molecular flexibility index (Phi) is 4.22. The fraction of sp³-hybridized carbons (Fsp3) is 0.500. The fourth-order valence-electron chi connectivity index (χ4n) is 3.43. The second kappa shape index (κ2) is 6.12. The van der Waals surface area contributed by atoms with Crippen molar-refractivity contribution in [2.75, 3.05) is 6.54 Å². The molecule has 0 spiro atoms. The van der Waals surface area contributed by atoms with Crippen LogP contribution in [0.2, 0.25) is 0 Å². The summed E-state index contributed by atoms with van der Waals surface area (Å²) < 4.78 is 0. The average Bonchev–Trinajstić information content (AvgIpc) is 2.97. The Bertz CT molecular complexity index is 535. The Balaban J connectivity index is 1.77. The van der Waals surface area contributed by atoms with Crippen molar-refractivity contribution in [1.82, 2.24) is 10.2 Å². The Labute approximate surface area is 127 Å². The van der Waals surface area contributed by atoms with E-state index in [0.717, 1.165) is 13.0 Å². The highest BCUT2D eigenvalue weighted by molar-refractivity contribution is 5.81. The van der Waals surface area contributed by atoms with E-state index in [0.29, 0.717) is 6.04 Å². The quantitative estimate of drug-likeness (QED) is 0.866. The second-order valence-corrected chi connectivity index (χ2v) is 6.25. The van der Waals surface area contributed by atoms with Crippen molar-refractivity contribution in [1.29, 1.82) is 0 Å². The van der Waals surface area contributed by atoms with E-state index < -0.39 is 0 Å². The summed E-state index contributed by atoms with van der Waals surface area (Å²) in [5.74, 6) is 0.232. The molecule has 0 saturated carbocycles. The minimum Gasteiger partial charge on any atom is -0.298 e. The first kappa shape index (κ1) is 14.5. The molecule has 1 saturated heterocycles. The number of ketones is 1. The van der Waals surface area contributed by atoms with Gasteiger partial charge in [0.05, 0.1) is 12.2 Å². The summed E-state index contributed by atoms with van der Waals surface area (Å²) in [7, 11) is 0. The Morgan fingerprint density at radius 1 is 1.29 bits per heavy atom. The molecule has 3 nitrogen and oxygen atoms in total. The number of carbonyl (C=O) groups is 1. The van der Waals surface area contributed by atoms with Crippen LogP contribution in [0, 0.1) is 6.92 Å². The highest BCUT2D eigenvalue weighted by Gasteiger charge is 2.33. The average molecular weight is 284 g/mol.